The number of nitrogens with one attached hydrogen (secondary N) is 1. The highest BCUT2D eigenvalue weighted by Gasteiger charge is 2.11. The van der Waals surface area contributed by atoms with Gasteiger partial charge in [0.2, 0.25) is 0 Å². The van der Waals surface area contributed by atoms with Crippen LogP contribution < -0.4 is 5.32 Å². The molecule has 1 aromatic heterocycles. The van der Waals surface area contributed by atoms with Crippen LogP contribution in [0, 0.1) is 11.3 Å². The first-order valence-corrected chi connectivity index (χ1v) is 9.13. The Bertz CT molecular complexity index is 918. The number of nitrogens with zero attached hydrogens (tertiary/aromatic N) is 2. The summed E-state index contributed by atoms with van der Waals surface area (Å²) in [7, 11) is 0. The van der Waals surface area contributed by atoms with Gasteiger partial charge in [0.1, 0.15) is 0 Å². The summed E-state index contributed by atoms with van der Waals surface area (Å²) in [6, 6.07) is 21.0. The summed E-state index contributed by atoms with van der Waals surface area (Å²) in [6.07, 6.45) is 3.42. The molecule has 0 unspecified atom stereocenters. The van der Waals surface area contributed by atoms with Gasteiger partial charge in [-0.2, -0.15) is 5.26 Å². The molecular weight excluding hydrogens is 342 g/mol. The highest BCUT2D eigenvalue weighted by atomic mass is 32.2. The van der Waals surface area contributed by atoms with Crippen molar-refractivity contribution in [2.75, 3.05) is 0 Å². The number of carbonyl (C=O) groups is 1. The second kappa shape index (κ2) is 8.84. The van der Waals surface area contributed by atoms with Gasteiger partial charge in [0.25, 0.3) is 5.91 Å². The Kier molecular flexibility index (Phi) is 6.02. The Labute approximate surface area is 156 Å². The Morgan fingerprint density at radius 2 is 1.73 bits per heavy atom. The van der Waals surface area contributed by atoms with Crippen LogP contribution in [0.15, 0.2) is 78.0 Å². The molecular formula is C21H17N3OS. The minimum Gasteiger partial charge on any atom is -0.348 e. The first kappa shape index (κ1) is 17.7. The van der Waals surface area contributed by atoms with Gasteiger partial charge in [-0.25, -0.2) is 0 Å². The molecule has 0 atom stereocenters. The van der Waals surface area contributed by atoms with E-state index >= 15 is 0 Å². The Morgan fingerprint density at radius 1 is 1.00 bits per heavy atom. The molecule has 0 saturated heterocycles. The van der Waals surface area contributed by atoms with Crippen LogP contribution in [0.3, 0.4) is 0 Å². The largest absolute Gasteiger partial charge is 0.348 e. The highest BCUT2D eigenvalue weighted by Crippen LogP contribution is 2.26. The average molecular weight is 359 g/mol. The van der Waals surface area contributed by atoms with Crippen molar-refractivity contribution in [1.82, 2.24) is 10.3 Å². The van der Waals surface area contributed by atoms with Crippen LogP contribution in [0.2, 0.25) is 0 Å². The number of hydrogen-bond acceptors (Lipinski definition) is 4. The van der Waals surface area contributed by atoms with Crippen molar-refractivity contribution in [1.29, 1.82) is 5.26 Å². The Balaban J connectivity index is 1.65. The van der Waals surface area contributed by atoms with Crippen LogP contribution >= 0.6 is 11.8 Å². The minimum atomic E-state index is -0.0928. The summed E-state index contributed by atoms with van der Waals surface area (Å²) >= 11 is 1.61. The lowest BCUT2D eigenvalue weighted by Crippen LogP contribution is -2.23. The van der Waals surface area contributed by atoms with E-state index in [0.717, 1.165) is 21.8 Å². The maximum absolute atomic E-state index is 12.6. The zero-order valence-electron chi connectivity index (χ0n) is 14.1. The van der Waals surface area contributed by atoms with Crippen LogP contribution in [0.4, 0.5) is 0 Å². The highest BCUT2D eigenvalue weighted by molar-refractivity contribution is 7.98. The maximum Gasteiger partial charge on any atom is 0.252 e. The molecule has 5 heteroatoms. The molecule has 1 heterocycles. The Morgan fingerprint density at radius 3 is 2.46 bits per heavy atom. The number of nitriles is 1. The number of aromatic nitrogens is 1. The number of hydrogen-bond donors (Lipinski definition) is 1. The number of pyridine rings is 1. The summed E-state index contributed by atoms with van der Waals surface area (Å²) in [5, 5.41) is 11.8. The summed E-state index contributed by atoms with van der Waals surface area (Å²) in [6.45, 7) is 0.468. The molecule has 0 aliphatic heterocycles. The van der Waals surface area contributed by atoms with Gasteiger partial charge < -0.3 is 5.32 Å². The predicted octanol–water partition coefficient (Wildman–Crippen LogP) is 4.18. The summed E-state index contributed by atoms with van der Waals surface area (Å²) in [5.74, 6) is 0.644. The van der Waals surface area contributed by atoms with Crippen molar-refractivity contribution in [3.05, 3.63) is 95.3 Å². The minimum absolute atomic E-state index is 0.0928. The predicted molar refractivity (Wildman–Crippen MR) is 103 cm³/mol. The smallest absolute Gasteiger partial charge is 0.252 e. The van der Waals surface area contributed by atoms with Gasteiger partial charge in [0.05, 0.1) is 17.2 Å². The third kappa shape index (κ3) is 4.71. The van der Waals surface area contributed by atoms with Crippen molar-refractivity contribution in [3.8, 4) is 6.07 Å². The fourth-order valence-electron chi connectivity index (χ4n) is 2.39. The molecule has 4 nitrogen and oxygen atoms in total. The lowest BCUT2D eigenvalue weighted by atomic mass is 10.2. The molecule has 0 saturated carbocycles. The molecule has 0 aliphatic carbocycles. The molecule has 3 rings (SSSR count). The van der Waals surface area contributed by atoms with Gasteiger partial charge in [0, 0.05) is 29.6 Å². The number of amides is 1. The van der Waals surface area contributed by atoms with E-state index in [1.54, 1.807) is 24.2 Å². The third-order valence-electron chi connectivity index (χ3n) is 3.81. The fourth-order valence-corrected chi connectivity index (χ4v) is 3.40. The second-order valence-electron chi connectivity index (χ2n) is 5.63. The zero-order valence-corrected chi connectivity index (χ0v) is 14.9. The van der Waals surface area contributed by atoms with E-state index < -0.39 is 0 Å². The van der Waals surface area contributed by atoms with E-state index in [1.165, 1.54) is 0 Å². The second-order valence-corrected chi connectivity index (χ2v) is 6.65. The van der Waals surface area contributed by atoms with E-state index in [9.17, 15) is 4.79 Å². The first-order valence-electron chi connectivity index (χ1n) is 8.14. The van der Waals surface area contributed by atoms with Crippen LogP contribution in [0.5, 0.6) is 0 Å². The average Bonchev–Trinajstić information content (AvgIpc) is 2.72. The monoisotopic (exact) mass is 359 g/mol. The number of benzene rings is 2. The molecule has 3 aromatic rings. The van der Waals surface area contributed by atoms with E-state index in [-0.39, 0.29) is 5.91 Å². The third-order valence-corrected chi connectivity index (χ3v) is 4.96. The standard InChI is InChI=1S/C21H17N3OS/c22-13-16-5-7-18(8-6-16)15-26-20-4-2-1-3-19(20)21(25)24-14-17-9-11-23-12-10-17/h1-12H,14-15H2,(H,24,25). The summed E-state index contributed by atoms with van der Waals surface area (Å²) in [5.41, 5.74) is 3.44. The van der Waals surface area contributed by atoms with Crippen LogP contribution in [0.25, 0.3) is 0 Å². The molecule has 128 valence electrons. The van der Waals surface area contributed by atoms with Gasteiger partial charge in [-0.3, -0.25) is 9.78 Å². The van der Waals surface area contributed by atoms with Crippen LogP contribution in [-0.4, -0.2) is 10.9 Å². The van der Waals surface area contributed by atoms with Gasteiger partial charge in [0.15, 0.2) is 0 Å². The van der Waals surface area contributed by atoms with Crippen molar-refractivity contribution >= 4 is 17.7 Å². The van der Waals surface area contributed by atoms with E-state index in [0.29, 0.717) is 17.7 Å². The van der Waals surface area contributed by atoms with Gasteiger partial charge in [-0.05, 0) is 47.5 Å². The zero-order chi connectivity index (χ0) is 18.2. The quantitative estimate of drug-likeness (QED) is 0.671. The van der Waals surface area contributed by atoms with E-state index in [4.69, 9.17) is 5.26 Å². The van der Waals surface area contributed by atoms with Crippen LogP contribution in [-0.2, 0) is 12.3 Å². The van der Waals surface area contributed by atoms with Gasteiger partial charge in [-0.15, -0.1) is 11.8 Å². The van der Waals surface area contributed by atoms with Crippen molar-refractivity contribution in [2.24, 2.45) is 0 Å². The molecule has 2 aromatic carbocycles. The molecule has 0 bridgehead atoms. The lowest BCUT2D eigenvalue weighted by molar-refractivity contribution is 0.0948. The summed E-state index contributed by atoms with van der Waals surface area (Å²) < 4.78 is 0. The topological polar surface area (TPSA) is 65.8 Å². The fraction of sp³-hybridized carbons (Fsp3) is 0.0952. The molecule has 26 heavy (non-hydrogen) atoms. The van der Waals surface area contributed by atoms with Gasteiger partial charge in [-0.1, -0.05) is 24.3 Å². The van der Waals surface area contributed by atoms with E-state index in [1.807, 2.05) is 60.7 Å². The van der Waals surface area contributed by atoms with Crippen molar-refractivity contribution < 1.29 is 4.79 Å². The molecule has 1 amide bonds. The SMILES string of the molecule is N#Cc1ccc(CSc2ccccc2C(=O)NCc2ccncc2)cc1. The van der Waals surface area contributed by atoms with Crippen molar-refractivity contribution in [2.45, 2.75) is 17.2 Å². The van der Waals surface area contributed by atoms with E-state index in [2.05, 4.69) is 16.4 Å². The number of carbonyl (C=O) groups excluding carboxylic acids is 1. The maximum atomic E-state index is 12.6. The normalized spacial score (nSPS) is 10.1. The molecule has 0 radical (unpaired) electrons. The molecule has 1 N–H and O–H groups in total. The summed E-state index contributed by atoms with van der Waals surface area (Å²) in [4.78, 5) is 17.5. The first-order chi connectivity index (χ1) is 12.8. The van der Waals surface area contributed by atoms with Crippen molar-refractivity contribution in [3.63, 3.8) is 0 Å². The number of thioether (sulfide) groups is 1. The Hall–Kier alpha value is -3.10. The van der Waals surface area contributed by atoms with Gasteiger partial charge >= 0.3 is 0 Å². The molecule has 0 fully saturated rings. The molecule has 0 aliphatic rings. The number of rotatable bonds is 6. The van der Waals surface area contributed by atoms with Crippen LogP contribution in [0.1, 0.15) is 27.0 Å². The lowest BCUT2D eigenvalue weighted by Gasteiger charge is -2.10. The molecule has 0 spiro atoms.